The highest BCUT2D eigenvalue weighted by atomic mass is 16.6. The number of hydroxylamine groups is 1. The Labute approximate surface area is 140 Å². The van der Waals surface area contributed by atoms with Gasteiger partial charge < -0.3 is 5.11 Å². The van der Waals surface area contributed by atoms with Gasteiger partial charge in [0.2, 0.25) is 5.88 Å². The van der Waals surface area contributed by atoms with Gasteiger partial charge in [0.1, 0.15) is 0 Å². The third-order valence-electron chi connectivity index (χ3n) is 3.35. The van der Waals surface area contributed by atoms with Crippen molar-refractivity contribution in [3.63, 3.8) is 0 Å². The van der Waals surface area contributed by atoms with Gasteiger partial charge in [0.05, 0.1) is 24.2 Å². The largest absolute Gasteiger partial charge is 0.493 e. The van der Waals surface area contributed by atoms with Crippen LogP contribution in [0.3, 0.4) is 0 Å². The summed E-state index contributed by atoms with van der Waals surface area (Å²) in [6.45, 7) is 10.2. The van der Waals surface area contributed by atoms with Gasteiger partial charge in [-0.15, -0.1) is 6.58 Å². The normalized spacial score (nSPS) is 10.9. The standard InChI is InChI=1S/C18H21N3O3/c1-4-6-12-24-19-14(3)15-7-9-16(10-8-15)21-17(22)13-20(11-5-2)18(21)23/h4-10,13,19,22H,2-3,11-12H2,1H3. The number of hydrogen-bond acceptors (Lipinski definition) is 4. The van der Waals surface area contributed by atoms with Gasteiger partial charge in [-0.2, -0.15) is 0 Å². The monoisotopic (exact) mass is 327 g/mol. The van der Waals surface area contributed by atoms with Crippen molar-refractivity contribution in [2.75, 3.05) is 6.61 Å². The first-order valence-corrected chi connectivity index (χ1v) is 7.49. The van der Waals surface area contributed by atoms with Crippen LogP contribution in [0.5, 0.6) is 5.88 Å². The third-order valence-corrected chi connectivity index (χ3v) is 3.35. The van der Waals surface area contributed by atoms with E-state index in [0.29, 0.717) is 24.5 Å². The van der Waals surface area contributed by atoms with Crippen molar-refractivity contribution in [2.45, 2.75) is 13.5 Å². The van der Waals surface area contributed by atoms with Crippen molar-refractivity contribution in [1.29, 1.82) is 0 Å². The smallest absolute Gasteiger partial charge is 0.335 e. The maximum absolute atomic E-state index is 12.3. The van der Waals surface area contributed by atoms with E-state index in [2.05, 4.69) is 18.6 Å². The molecule has 126 valence electrons. The summed E-state index contributed by atoms with van der Waals surface area (Å²) in [5, 5.41) is 9.99. The Hall–Kier alpha value is -2.99. The topological polar surface area (TPSA) is 68.4 Å². The summed E-state index contributed by atoms with van der Waals surface area (Å²) in [4.78, 5) is 17.5. The maximum Gasteiger partial charge on any atom is 0.335 e. The van der Waals surface area contributed by atoms with Gasteiger partial charge in [-0.05, 0) is 24.6 Å². The zero-order valence-corrected chi connectivity index (χ0v) is 13.6. The molecule has 0 aliphatic carbocycles. The zero-order valence-electron chi connectivity index (χ0n) is 13.6. The molecular formula is C18H21N3O3. The number of allylic oxidation sites excluding steroid dienone is 2. The lowest BCUT2D eigenvalue weighted by Gasteiger charge is -2.10. The van der Waals surface area contributed by atoms with Crippen molar-refractivity contribution in [2.24, 2.45) is 0 Å². The molecule has 1 aromatic carbocycles. The Morgan fingerprint density at radius 1 is 1.38 bits per heavy atom. The predicted molar refractivity (Wildman–Crippen MR) is 94.8 cm³/mol. The van der Waals surface area contributed by atoms with Crippen LogP contribution in [0.2, 0.25) is 0 Å². The van der Waals surface area contributed by atoms with Gasteiger partial charge >= 0.3 is 5.69 Å². The lowest BCUT2D eigenvalue weighted by molar-refractivity contribution is 0.103. The molecule has 0 saturated carbocycles. The summed E-state index contributed by atoms with van der Waals surface area (Å²) >= 11 is 0. The number of benzene rings is 1. The molecule has 0 unspecified atom stereocenters. The molecule has 1 aromatic heterocycles. The molecular weight excluding hydrogens is 306 g/mol. The average Bonchev–Trinajstić information content (AvgIpc) is 2.86. The second-order valence-corrected chi connectivity index (χ2v) is 5.05. The summed E-state index contributed by atoms with van der Waals surface area (Å²) in [6, 6.07) is 7.04. The minimum atomic E-state index is -0.327. The van der Waals surface area contributed by atoms with Crippen molar-refractivity contribution in [3.05, 3.63) is 77.9 Å². The molecule has 2 aromatic rings. The molecule has 6 nitrogen and oxygen atoms in total. The van der Waals surface area contributed by atoms with Crippen LogP contribution in [0.4, 0.5) is 0 Å². The fourth-order valence-electron chi connectivity index (χ4n) is 2.14. The molecule has 24 heavy (non-hydrogen) atoms. The Balaban J connectivity index is 2.16. The Morgan fingerprint density at radius 2 is 2.08 bits per heavy atom. The van der Waals surface area contributed by atoms with Crippen molar-refractivity contribution < 1.29 is 9.94 Å². The van der Waals surface area contributed by atoms with E-state index in [1.807, 2.05) is 19.1 Å². The summed E-state index contributed by atoms with van der Waals surface area (Å²) in [7, 11) is 0. The molecule has 2 rings (SSSR count). The van der Waals surface area contributed by atoms with Crippen LogP contribution in [-0.2, 0) is 11.4 Å². The van der Waals surface area contributed by atoms with Crippen LogP contribution < -0.4 is 11.2 Å². The van der Waals surface area contributed by atoms with E-state index in [1.54, 1.807) is 30.3 Å². The minimum Gasteiger partial charge on any atom is -0.493 e. The fraction of sp³-hybridized carbons (Fsp3) is 0.167. The molecule has 0 aliphatic heterocycles. The molecule has 1 heterocycles. The van der Waals surface area contributed by atoms with Crippen LogP contribution in [0.25, 0.3) is 11.4 Å². The number of rotatable bonds is 8. The van der Waals surface area contributed by atoms with Crippen LogP contribution >= 0.6 is 0 Å². The zero-order chi connectivity index (χ0) is 17.5. The molecule has 0 spiro atoms. The quantitative estimate of drug-likeness (QED) is 0.444. The lowest BCUT2D eigenvalue weighted by Crippen LogP contribution is -2.22. The van der Waals surface area contributed by atoms with Crippen LogP contribution in [0.15, 0.2) is 66.6 Å². The van der Waals surface area contributed by atoms with E-state index in [9.17, 15) is 9.90 Å². The Kier molecular flexibility index (Phi) is 5.81. The summed E-state index contributed by atoms with van der Waals surface area (Å²) in [5.74, 6) is -0.124. The molecule has 0 saturated heterocycles. The first kappa shape index (κ1) is 17.4. The van der Waals surface area contributed by atoms with Gasteiger partial charge in [0.15, 0.2) is 0 Å². The Bertz CT molecular complexity index is 798. The molecule has 0 fully saturated rings. The van der Waals surface area contributed by atoms with Crippen LogP contribution in [0, 0.1) is 0 Å². The minimum absolute atomic E-state index is 0.124. The number of aromatic hydroxyl groups is 1. The van der Waals surface area contributed by atoms with Crippen molar-refractivity contribution in [3.8, 4) is 11.6 Å². The van der Waals surface area contributed by atoms with Crippen LogP contribution in [0.1, 0.15) is 12.5 Å². The number of nitrogens with zero attached hydrogens (tertiary/aromatic N) is 2. The first-order chi connectivity index (χ1) is 11.6. The summed E-state index contributed by atoms with van der Waals surface area (Å²) in [6.07, 6.45) is 6.74. The first-order valence-electron chi connectivity index (χ1n) is 7.49. The van der Waals surface area contributed by atoms with Gasteiger partial charge in [-0.3, -0.25) is 14.9 Å². The van der Waals surface area contributed by atoms with Gasteiger partial charge in [0.25, 0.3) is 0 Å². The predicted octanol–water partition coefficient (Wildman–Crippen LogP) is 2.60. The summed E-state index contributed by atoms with van der Waals surface area (Å²) < 4.78 is 2.61. The van der Waals surface area contributed by atoms with Gasteiger partial charge in [0, 0.05) is 6.54 Å². The molecule has 0 radical (unpaired) electrons. The second-order valence-electron chi connectivity index (χ2n) is 5.05. The van der Waals surface area contributed by atoms with Crippen LogP contribution in [-0.4, -0.2) is 20.8 Å². The second kappa shape index (κ2) is 8.03. The molecule has 6 heteroatoms. The number of hydrogen-bond donors (Lipinski definition) is 2. The van der Waals surface area contributed by atoms with Crippen molar-refractivity contribution >= 4 is 5.70 Å². The summed E-state index contributed by atoms with van der Waals surface area (Å²) in [5.41, 5.74) is 4.41. The van der Waals surface area contributed by atoms with E-state index in [4.69, 9.17) is 4.84 Å². The molecule has 2 N–H and O–H groups in total. The fourth-order valence-corrected chi connectivity index (χ4v) is 2.14. The van der Waals surface area contributed by atoms with E-state index in [0.717, 1.165) is 5.56 Å². The maximum atomic E-state index is 12.3. The number of aromatic nitrogens is 2. The van der Waals surface area contributed by atoms with E-state index >= 15 is 0 Å². The van der Waals surface area contributed by atoms with Gasteiger partial charge in [-0.1, -0.05) is 36.9 Å². The highest BCUT2D eigenvalue weighted by Crippen LogP contribution is 2.17. The Morgan fingerprint density at radius 3 is 2.71 bits per heavy atom. The highest BCUT2D eigenvalue weighted by molar-refractivity contribution is 5.62. The van der Waals surface area contributed by atoms with E-state index in [1.165, 1.54) is 15.3 Å². The third kappa shape index (κ3) is 3.85. The number of imidazole rings is 1. The van der Waals surface area contributed by atoms with E-state index < -0.39 is 0 Å². The number of nitrogens with one attached hydrogen (secondary N) is 1. The van der Waals surface area contributed by atoms with E-state index in [-0.39, 0.29) is 11.6 Å². The molecule has 0 aliphatic rings. The lowest BCUT2D eigenvalue weighted by atomic mass is 10.1. The molecule has 0 atom stereocenters. The molecule has 0 amide bonds. The highest BCUT2D eigenvalue weighted by Gasteiger charge is 2.11. The SMILES string of the molecule is C=CCn1cc(O)n(-c2ccc(C(=C)NOCC=CC)cc2)c1=O. The van der Waals surface area contributed by atoms with Gasteiger partial charge in [-0.25, -0.2) is 9.36 Å². The average molecular weight is 327 g/mol. The molecule has 0 bridgehead atoms. The van der Waals surface area contributed by atoms with Crippen molar-refractivity contribution in [1.82, 2.24) is 14.6 Å².